The highest BCUT2D eigenvalue weighted by Gasteiger charge is 2.39. The molecule has 160 valence electrons. The van der Waals surface area contributed by atoms with E-state index in [9.17, 15) is 5.11 Å². The quantitative estimate of drug-likeness (QED) is 0.418. The molecule has 0 bridgehead atoms. The van der Waals surface area contributed by atoms with E-state index < -0.39 is 0 Å². The van der Waals surface area contributed by atoms with Crippen molar-refractivity contribution in [1.82, 2.24) is 15.2 Å². The minimum absolute atomic E-state index is 0.00976. The molecule has 0 aliphatic carbocycles. The van der Waals surface area contributed by atoms with E-state index in [1.165, 1.54) is 6.20 Å². The van der Waals surface area contributed by atoms with Crippen molar-refractivity contribution in [2.45, 2.75) is 57.7 Å². The van der Waals surface area contributed by atoms with Gasteiger partial charge in [-0.3, -0.25) is 10.4 Å². The highest BCUT2D eigenvalue weighted by molar-refractivity contribution is 6.31. The molecule has 1 fully saturated rings. The summed E-state index contributed by atoms with van der Waals surface area (Å²) in [5.41, 5.74) is 1.12. The zero-order chi connectivity index (χ0) is 22.3. The van der Waals surface area contributed by atoms with Crippen molar-refractivity contribution >= 4 is 34.1 Å². The SMILES string of the molecule is CN(C(=N)/C=C\C(=N)c1cc2ncc(Cl)cc2cc1O)C1CC(C)(C)NC(C)(C)C1. The Labute approximate surface area is 183 Å². The van der Waals surface area contributed by atoms with Crippen LogP contribution in [0.2, 0.25) is 5.02 Å². The van der Waals surface area contributed by atoms with E-state index >= 15 is 0 Å². The van der Waals surface area contributed by atoms with Gasteiger partial charge in [-0.1, -0.05) is 11.6 Å². The summed E-state index contributed by atoms with van der Waals surface area (Å²) in [6, 6.07) is 5.17. The number of amidine groups is 1. The maximum atomic E-state index is 10.3. The average molecular weight is 428 g/mol. The van der Waals surface area contributed by atoms with Gasteiger partial charge in [-0.05, 0) is 70.9 Å². The molecule has 2 heterocycles. The van der Waals surface area contributed by atoms with Crippen molar-refractivity contribution in [1.29, 1.82) is 10.8 Å². The van der Waals surface area contributed by atoms with Crippen LogP contribution in [0.25, 0.3) is 10.9 Å². The molecule has 1 aliphatic rings. The molecular weight excluding hydrogens is 398 g/mol. The number of phenolic OH excluding ortho intramolecular Hbond substituents is 1. The van der Waals surface area contributed by atoms with E-state index in [1.807, 2.05) is 11.9 Å². The van der Waals surface area contributed by atoms with E-state index in [2.05, 4.69) is 38.0 Å². The molecule has 7 heteroatoms. The summed E-state index contributed by atoms with van der Waals surface area (Å²) in [6.07, 6.45) is 6.56. The molecule has 1 aromatic carbocycles. The monoisotopic (exact) mass is 427 g/mol. The molecule has 30 heavy (non-hydrogen) atoms. The molecule has 0 unspecified atom stereocenters. The van der Waals surface area contributed by atoms with E-state index in [-0.39, 0.29) is 28.6 Å². The van der Waals surface area contributed by atoms with Crippen LogP contribution in [0.1, 0.15) is 46.1 Å². The second kappa shape index (κ2) is 8.00. The highest BCUT2D eigenvalue weighted by atomic mass is 35.5. The maximum absolute atomic E-state index is 10.3. The number of rotatable bonds is 4. The normalized spacial score (nSPS) is 18.6. The highest BCUT2D eigenvalue weighted by Crippen LogP contribution is 2.31. The third-order valence-electron chi connectivity index (χ3n) is 5.56. The predicted octanol–water partition coefficient (Wildman–Crippen LogP) is 4.74. The number of hydrogen-bond acceptors (Lipinski definition) is 5. The summed E-state index contributed by atoms with van der Waals surface area (Å²) in [4.78, 5) is 6.23. The number of nitrogens with one attached hydrogen (secondary N) is 3. The van der Waals surface area contributed by atoms with Crippen LogP contribution in [0.3, 0.4) is 0 Å². The molecule has 0 atom stereocenters. The Balaban J connectivity index is 1.76. The van der Waals surface area contributed by atoms with Crippen molar-refractivity contribution in [3.05, 3.63) is 47.1 Å². The van der Waals surface area contributed by atoms with E-state index in [0.29, 0.717) is 27.3 Å². The van der Waals surface area contributed by atoms with Gasteiger partial charge in [0.15, 0.2) is 0 Å². The van der Waals surface area contributed by atoms with Gasteiger partial charge in [0.05, 0.1) is 16.3 Å². The molecule has 0 spiro atoms. The number of aromatic nitrogens is 1. The number of phenols is 1. The second-order valence-electron chi connectivity index (χ2n) is 9.41. The summed E-state index contributed by atoms with van der Waals surface area (Å²) in [5.74, 6) is 0.325. The predicted molar refractivity (Wildman–Crippen MR) is 124 cm³/mol. The van der Waals surface area contributed by atoms with Crippen molar-refractivity contribution in [3.8, 4) is 5.75 Å². The Bertz CT molecular complexity index is 1010. The number of benzene rings is 1. The lowest BCUT2D eigenvalue weighted by Crippen LogP contribution is -2.62. The summed E-state index contributed by atoms with van der Waals surface area (Å²) >= 11 is 5.96. The number of likely N-dealkylation sites (N-methyl/N-ethyl adjacent to an activating group) is 1. The van der Waals surface area contributed by atoms with Crippen LogP contribution >= 0.6 is 11.6 Å². The molecule has 1 aromatic heterocycles. The maximum Gasteiger partial charge on any atom is 0.125 e. The summed E-state index contributed by atoms with van der Waals surface area (Å²) in [6.45, 7) is 8.75. The Kier molecular flexibility index (Phi) is 5.94. The van der Waals surface area contributed by atoms with E-state index in [0.717, 1.165) is 12.8 Å². The fourth-order valence-corrected chi connectivity index (χ4v) is 4.63. The first-order valence-corrected chi connectivity index (χ1v) is 10.4. The van der Waals surface area contributed by atoms with Crippen molar-refractivity contribution < 1.29 is 5.11 Å². The lowest BCUT2D eigenvalue weighted by molar-refractivity contribution is 0.114. The van der Waals surface area contributed by atoms with Gasteiger partial charge in [0.25, 0.3) is 0 Å². The van der Waals surface area contributed by atoms with Crippen molar-refractivity contribution in [2.24, 2.45) is 0 Å². The second-order valence-corrected chi connectivity index (χ2v) is 9.85. The molecule has 6 nitrogen and oxygen atoms in total. The molecule has 0 radical (unpaired) electrons. The van der Waals surface area contributed by atoms with Gasteiger partial charge in [0.1, 0.15) is 11.6 Å². The minimum atomic E-state index is -0.0112. The van der Waals surface area contributed by atoms with Crippen LogP contribution in [-0.2, 0) is 0 Å². The van der Waals surface area contributed by atoms with Crippen LogP contribution in [0, 0.1) is 10.8 Å². The average Bonchev–Trinajstić information content (AvgIpc) is 2.62. The number of halogens is 1. The molecule has 1 aliphatic heterocycles. The van der Waals surface area contributed by atoms with Gasteiger partial charge >= 0.3 is 0 Å². The smallest absolute Gasteiger partial charge is 0.125 e. The van der Waals surface area contributed by atoms with Crippen molar-refractivity contribution in [3.63, 3.8) is 0 Å². The summed E-state index contributed by atoms with van der Waals surface area (Å²) in [5, 5.41) is 32.1. The lowest BCUT2D eigenvalue weighted by Gasteiger charge is -2.49. The third kappa shape index (κ3) is 4.99. The van der Waals surface area contributed by atoms with Gasteiger partial charge in [0.2, 0.25) is 0 Å². The number of piperidine rings is 1. The molecule has 0 amide bonds. The van der Waals surface area contributed by atoms with Crippen molar-refractivity contribution in [2.75, 3.05) is 7.05 Å². The number of fused-ring (bicyclic) bond motifs is 1. The molecular formula is C23H30ClN5O. The number of aromatic hydroxyl groups is 1. The largest absolute Gasteiger partial charge is 0.507 e. The van der Waals surface area contributed by atoms with Crippen LogP contribution in [-0.4, -0.2) is 50.7 Å². The van der Waals surface area contributed by atoms with Gasteiger partial charge in [0, 0.05) is 41.3 Å². The number of allylic oxidation sites excluding steroid dienone is 1. The topological polar surface area (TPSA) is 96.1 Å². The molecule has 3 rings (SSSR count). The summed E-state index contributed by atoms with van der Waals surface area (Å²) < 4.78 is 0. The lowest BCUT2D eigenvalue weighted by atomic mass is 9.79. The number of hydrogen-bond donors (Lipinski definition) is 4. The van der Waals surface area contributed by atoms with Crippen LogP contribution in [0.15, 0.2) is 36.5 Å². The first-order chi connectivity index (χ1) is 13.9. The van der Waals surface area contributed by atoms with E-state index in [4.69, 9.17) is 22.4 Å². The fourth-order valence-electron chi connectivity index (χ4n) is 4.46. The van der Waals surface area contributed by atoms with Crippen LogP contribution in [0.5, 0.6) is 5.75 Å². The van der Waals surface area contributed by atoms with Gasteiger partial charge in [-0.15, -0.1) is 0 Å². The Morgan fingerprint density at radius 3 is 2.43 bits per heavy atom. The Hall–Kier alpha value is -2.44. The number of nitrogens with zero attached hydrogens (tertiary/aromatic N) is 2. The number of pyridine rings is 1. The first-order valence-electron chi connectivity index (χ1n) is 10.0. The van der Waals surface area contributed by atoms with Gasteiger partial charge in [-0.25, -0.2) is 0 Å². The fraction of sp³-hybridized carbons (Fsp3) is 0.435. The molecule has 4 N–H and O–H groups in total. The van der Waals surface area contributed by atoms with E-state index in [1.54, 1.807) is 30.4 Å². The third-order valence-corrected chi connectivity index (χ3v) is 5.77. The minimum Gasteiger partial charge on any atom is -0.507 e. The standard InChI is InChI=1S/C23H30ClN5O/c1-22(2)11-16(12-23(3,4)28-22)29(5)21(26)7-6-18(25)17-10-19-14(9-20(17)30)8-15(24)13-27-19/h6-10,13,16,25-26,28,30H,11-12H2,1-5H3/b7-6-,25-18?,26-21?. The Morgan fingerprint density at radius 1 is 1.17 bits per heavy atom. The first kappa shape index (κ1) is 22.2. The van der Waals surface area contributed by atoms with Crippen LogP contribution < -0.4 is 5.32 Å². The van der Waals surface area contributed by atoms with Crippen LogP contribution in [0.4, 0.5) is 0 Å². The molecule has 0 saturated carbocycles. The zero-order valence-corrected chi connectivity index (χ0v) is 18.9. The molecule has 1 saturated heterocycles. The van der Waals surface area contributed by atoms with Gasteiger partial charge in [-0.2, -0.15) is 0 Å². The Morgan fingerprint density at radius 2 is 1.80 bits per heavy atom. The summed E-state index contributed by atoms with van der Waals surface area (Å²) in [7, 11) is 1.93. The zero-order valence-electron chi connectivity index (χ0n) is 18.2. The van der Waals surface area contributed by atoms with Gasteiger partial charge < -0.3 is 20.7 Å². The molecule has 2 aromatic rings.